The van der Waals surface area contributed by atoms with Crippen molar-refractivity contribution in [1.82, 2.24) is 9.97 Å². The summed E-state index contributed by atoms with van der Waals surface area (Å²) in [4.78, 5) is 18.9. The Kier molecular flexibility index (Phi) is 4.29. The molecule has 1 aliphatic rings. The summed E-state index contributed by atoms with van der Waals surface area (Å²) in [6.07, 6.45) is 3.86. The Bertz CT molecular complexity index is 535. The van der Waals surface area contributed by atoms with E-state index in [1.165, 1.54) is 0 Å². The Hall–Kier alpha value is -1.92. The number of anilines is 1. The highest BCUT2D eigenvalue weighted by atomic mass is 16.6. The third-order valence-electron chi connectivity index (χ3n) is 4.00. The van der Waals surface area contributed by atoms with Gasteiger partial charge in [0, 0.05) is 7.05 Å². The van der Waals surface area contributed by atoms with Gasteiger partial charge in [0.15, 0.2) is 0 Å². The van der Waals surface area contributed by atoms with E-state index in [2.05, 4.69) is 29.1 Å². The minimum Gasteiger partial charge on any atom is -0.469 e. The Morgan fingerprint density at radius 2 is 1.95 bits per heavy atom. The van der Waals surface area contributed by atoms with Crippen LogP contribution >= 0.6 is 0 Å². The third-order valence-corrected chi connectivity index (χ3v) is 4.00. The maximum atomic E-state index is 11.2. The molecular formula is C14H22N4O3. The molecule has 1 N–H and O–H groups in total. The van der Waals surface area contributed by atoms with E-state index in [4.69, 9.17) is 4.74 Å². The average Bonchev–Trinajstić information content (AvgIpc) is 2.40. The van der Waals surface area contributed by atoms with E-state index < -0.39 is 4.92 Å². The summed E-state index contributed by atoms with van der Waals surface area (Å²) in [7, 11) is 1.67. The molecule has 1 aromatic heterocycles. The molecule has 0 saturated heterocycles. The molecule has 2 rings (SSSR count). The molecule has 0 amide bonds. The van der Waals surface area contributed by atoms with Crippen LogP contribution in [-0.2, 0) is 0 Å². The maximum absolute atomic E-state index is 11.2. The van der Waals surface area contributed by atoms with Gasteiger partial charge in [0.05, 0.1) is 4.92 Å². The van der Waals surface area contributed by atoms with Gasteiger partial charge in [-0.05, 0) is 38.0 Å². The van der Waals surface area contributed by atoms with Gasteiger partial charge < -0.3 is 10.1 Å². The summed E-state index contributed by atoms with van der Waals surface area (Å²) < 4.78 is 5.83. The molecule has 0 aromatic carbocycles. The van der Waals surface area contributed by atoms with Crippen LogP contribution in [0.5, 0.6) is 5.88 Å². The van der Waals surface area contributed by atoms with Crippen LogP contribution in [0.3, 0.4) is 0 Å². The van der Waals surface area contributed by atoms with Crippen molar-refractivity contribution < 1.29 is 9.66 Å². The number of hydrogen-bond acceptors (Lipinski definition) is 6. The molecule has 0 unspecified atom stereocenters. The largest absolute Gasteiger partial charge is 0.469 e. The lowest BCUT2D eigenvalue weighted by molar-refractivity contribution is -0.387. The minimum absolute atomic E-state index is 0.0178. The zero-order chi connectivity index (χ0) is 15.6. The fourth-order valence-electron chi connectivity index (χ4n) is 2.59. The summed E-state index contributed by atoms with van der Waals surface area (Å²) in [5.41, 5.74) is 0.494. The van der Waals surface area contributed by atoms with Crippen molar-refractivity contribution in [2.75, 3.05) is 12.4 Å². The van der Waals surface area contributed by atoms with Gasteiger partial charge in [0.1, 0.15) is 11.8 Å². The molecule has 1 fully saturated rings. The number of ether oxygens (including phenoxy) is 1. The van der Waals surface area contributed by atoms with E-state index >= 15 is 0 Å². The lowest BCUT2D eigenvalue weighted by Crippen LogP contribution is -2.29. The fraction of sp³-hybridized carbons (Fsp3) is 0.714. The van der Waals surface area contributed by atoms with Gasteiger partial charge in [-0.3, -0.25) is 10.1 Å². The van der Waals surface area contributed by atoms with Crippen molar-refractivity contribution in [2.45, 2.75) is 52.6 Å². The van der Waals surface area contributed by atoms with Crippen LogP contribution in [0.15, 0.2) is 0 Å². The first-order chi connectivity index (χ1) is 9.82. The SMILES string of the molecule is CNc1nc(C)c([N+](=O)[O-])c(OC2CCC(C)(C)CC2)n1. The number of aryl methyl sites for hydroxylation is 1. The summed E-state index contributed by atoms with van der Waals surface area (Å²) >= 11 is 0. The molecule has 0 radical (unpaired) electrons. The zero-order valence-electron chi connectivity index (χ0n) is 13.0. The predicted molar refractivity (Wildman–Crippen MR) is 79.6 cm³/mol. The lowest BCUT2D eigenvalue weighted by atomic mass is 9.76. The van der Waals surface area contributed by atoms with Gasteiger partial charge in [-0.15, -0.1) is 0 Å². The van der Waals surface area contributed by atoms with E-state index in [9.17, 15) is 10.1 Å². The van der Waals surface area contributed by atoms with Gasteiger partial charge in [-0.1, -0.05) is 13.8 Å². The first-order valence-electron chi connectivity index (χ1n) is 7.20. The van der Waals surface area contributed by atoms with Crippen molar-refractivity contribution >= 4 is 11.6 Å². The molecule has 0 atom stereocenters. The number of nitrogens with one attached hydrogen (secondary N) is 1. The Balaban J connectivity index is 2.22. The quantitative estimate of drug-likeness (QED) is 0.678. The molecule has 7 nitrogen and oxygen atoms in total. The summed E-state index contributed by atoms with van der Waals surface area (Å²) in [5.74, 6) is 0.408. The van der Waals surface area contributed by atoms with Crippen molar-refractivity contribution in [1.29, 1.82) is 0 Å². The average molecular weight is 294 g/mol. The standard InChI is InChI=1S/C14H22N4O3/c1-9-11(18(19)20)12(17-13(15-4)16-9)21-10-5-7-14(2,3)8-6-10/h10H,5-8H2,1-4H3,(H,15,16,17). The number of rotatable bonds is 4. The van der Waals surface area contributed by atoms with Gasteiger partial charge in [-0.2, -0.15) is 4.98 Å². The van der Waals surface area contributed by atoms with E-state index in [1.807, 2.05) is 0 Å². The predicted octanol–water partition coefficient (Wildman–Crippen LogP) is 3.08. The highest BCUT2D eigenvalue weighted by molar-refractivity contribution is 5.48. The molecule has 21 heavy (non-hydrogen) atoms. The fourth-order valence-corrected chi connectivity index (χ4v) is 2.59. The molecule has 7 heteroatoms. The van der Waals surface area contributed by atoms with Crippen molar-refractivity contribution in [3.63, 3.8) is 0 Å². The Morgan fingerprint density at radius 1 is 1.33 bits per heavy atom. The highest BCUT2D eigenvalue weighted by Crippen LogP contribution is 2.38. The van der Waals surface area contributed by atoms with Crippen molar-refractivity contribution in [3.8, 4) is 5.88 Å². The van der Waals surface area contributed by atoms with Crippen LogP contribution in [0.4, 0.5) is 11.6 Å². The molecule has 116 valence electrons. The van der Waals surface area contributed by atoms with E-state index in [0.717, 1.165) is 25.7 Å². The number of hydrogen-bond donors (Lipinski definition) is 1. The monoisotopic (exact) mass is 294 g/mol. The lowest BCUT2D eigenvalue weighted by Gasteiger charge is -2.33. The zero-order valence-corrected chi connectivity index (χ0v) is 13.0. The molecule has 1 saturated carbocycles. The van der Waals surface area contributed by atoms with Crippen LogP contribution < -0.4 is 10.1 Å². The van der Waals surface area contributed by atoms with Gasteiger partial charge in [-0.25, -0.2) is 4.98 Å². The Morgan fingerprint density at radius 3 is 2.48 bits per heavy atom. The normalized spacial score (nSPS) is 18.3. The van der Waals surface area contributed by atoms with Crippen LogP contribution in [0.25, 0.3) is 0 Å². The first kappa shape index (κ1) is 15.5. The van der Waals surface area contributed by atoms with Crippen molar-refractivity contribution in [2.24, 2.45) is 5.41 Å². The first-order valence-corrected chi connectivity index (χ1v) is 7.20. The number of nitrogens with zero attached hydrogens (tertiary/aromatic N) is 3. The molecule has 0 spiro atoms. The molecule has 0 bridgehead atoms. The van der Waals surface area contributed by atoms with Crippen LogP contribution in [-0.4, -0.2) is 28.0 Å². The van der Waals surface area contributed by atoms with E-state index in [0.29, 0.717) is 17.1 Å². The Labute approximate surface area is 124 Å². The second-order valence-electron chi connectivity index (χ2n) is 6.27. The molecule has 1 aromatic rings. The van der Waals surface area contributed by atoms with Crippen LogP contribution in [0, 0.1) is 22.5 Å². The van der Waals surface area contributed by atoms with E-state index in [1.54, 1.807) is 14.0 Å². The molecule has 0 aliphatic heterocycles. The smallest absolute Gasteiger partial charge is 0.352 e. The highest BCUT2D eigenvalue weighted by Gasteiger charge is 2.31. The van der Waals surface area contributed by atoms with Gasteiger partial charge in [0.2, 0.25) is 5.95 Å². The maximum Gasteiger partial charge on any atom is 0.352 e. The second-order valence-corrected chi connectivity index (χ2v) is 6.27. The minimum atomic E-state index is -0.475. The van der Waals surface area contributed by atoms with E-state index in [-0.39, 0.29) is 17.7 Å². The molecular weight excluding hydrogens is 272 g/mol. The summed E-state index contributed by atoms with van der Waals surface area (Å²) in [6, 6.07) is 0. The van der Waals surface area contributed by atoms with Gasteiger partial charge in [0.25, 0.3) is 5.88 Å². The summed E-state index contributed by atoms with van der Waals surface area (Å²) in [6.45, 7) is 6.07. The molecule has 1 heterocycles. The van der Waals surface area contributed by atoms with Gasteiger partial charge >= 0.3 is 5.69 Å². The number of nitro groups is 1. The second kappa shape index (κ2) is 5.83. The van der Waals surface area contributed by atoms with Crippen molar-refractivity contribution in [3.05, 3.63) is 15.8 Å². The summed E-state index contributed by atoms with van der Waals surface area (Å²) in [5, 5.41) is 14.0. The van der Waals surface area contributed by atoms with Crippen LogP contribution in [0.2, 0.25) is 0 Å². The topological polar surface area (TPSA) is 90.2 Å². The molecule has 1 aliphatic carbocycles. The van der Waals surface area contributed by atoms with Crippen LogP contribution in [0.1, 0.15) is 45.2 Å². The third kappa shape index (κ3) is 3.59. The number of aromatic nitrogens is 2.